The molecule has 1 N–H and O–H groups in total. The van der Waals surface area contributed by atoms with Gasteiger partial charge in [-0.1, -0.05) is 28.1 Å². The molecule has 3 nitrogen and oxygen atoms in total. The fourth-order valence-electron chi connectivity index (χ4n) is 1.11. The van der Waals surface area contributed by atoms with Crippen LogP contribution in [-0.4, -0.2) is 24.3 Å². The molecule has 0 heterocycles. The maximum atomic E-state index is 10.7. The quantitative estimate of drug-likeness (QED) is 0.900. The summed E-state index contributed by atoms with van der Waals surface area (Å²) in [7, 11) is 1.40. The zero-order valence-corrected chi connectivity index (χ0v) is 9.32. The molecule has 0 saturated carbocycles. The van der Waals surface area contributed by atoms with Crippen LogP contribution in [0.1, 0.15) is 5.56 Å². The van der Waals surface area contributed by atoms with E-state index >= 15 is 0 Å². The summed E-state index contributed by atoms with van der Waals surface area (Å²) in [5.74, 6) is -0.935. The number of benzene rings is 1. The van der Waals surface area contributed by atoms with Crippen molar-refractivity contribution in [3.8, 4) is 0 Å². The highest BCUT2D eigenvalue weighted by atomic mass is 79.9. The van der Waals surface area contributed by atoms with Crippen LogP contribution < -0.4 is 0 Å². The molecule has 76 valence electrons. The highest BCUT2D eigenvalue weighted by Crippen LogP contribution is 2.12. The molecule has 0 aliphatic carbocycles. The van der Waals surface area contributed by atoms with E-state index in [2.05, 4.69) is 15.9 Å². The number of carboxylic acids is 1. The van der Waals surface area contributed by atoms with Crippen LogP contribution in [0, 0.1) is 0 Å². The van der Waals surface area contributed by atoms with Gasteiger partial charge in [0, 0.05) is 18.0 Å². The minimum atomic E-state index is -0.935. The predicted molar refractivity (Wildman–Crippen MR) is 56.3 cm³/mol. The fourth-order valence-corrected chi connectivity index (χ4v) is 1.37. The van der Waals surface area contributed by atoms with Crippen molar-refractivity contribution in [3.05, 3.63) is 34.3 Å². The molecule has 14 heavy (non-hydrogen) atoms. The third-order valence-electron chi connectivity index (χ3n) is 1.89. The Balaban J connectivity index is 2.67. The number of hydrogen-bond acceptors (Lipinski definition) is 2. The molecule has 1 rings (SSSR count). The third-order valence-corrected chi connectivity index (χ3v) is 2.42. The molecule has 0 aromatic heterocycles. The Morgan fingerprint density at radius 1 is 1.50 bits per heavy atom. The van der Waals surface area contributed by atoms with Crippen molar-refractivity contribution < 1.29 is 14.6 Å². The molecular formula is C10H11BrO3. The normalized spacial score (nSPS) is 12.4. The molecule has 0 aliphatic rings. The van der Waals surface area contributed by atoms with Gasteiger partial charge in [0.25, 0.3) is 0 Å². The molecule has 0 aliphatic heterocycles. The van der Waals surface area contributed by atoms with E-state index in [9.17, 15) is 4.79 Å². The number of hydrogen-bond donors (Lipinski definition) is 1. The van der Waals surface area contributed by atoms with Crippen LogP contribution in [0.2, 0.25) is 0 Å². The van der Waals surface area contributed by atoms with Crippen molar-refractivity contribution in [2.75, 3.05) is 7.11 Å². The minimum Gasteiger partial charge on any atom is -0.479 e. The van der Waals surface area contributed by atoms with Crippen LogP contribution >= 0.6 is 15.9 Å². The van der Waals surface area contributed by atoms with Gasteiger partial charge < -0.3 is 9.84 Å². The first kappa shape index (κ1) is 11.2. The third kappa shape index (κ3) is 3.12. The molecule has 1 atom stereocenters. The van der Waals surface area contributed by atoms with Crippen LogP contribution in [0.15, 0.2) is 28.7 Å². The molecule has 0 radical (unpaired) electrons. The number of rotatable bonds is 4. The van der Waals surface area contributed by atoms with Gasteiger partial charge in [0.1, 0.15) is 0 Å². The summed E-state index contributed by atoms with van der Waals surface area (Å²) in [4.78, 5) is 10.7. The van der Waals surface area contributed by atoms with Crippen LogP contribution in [0.5, 0.6) is 0 Å². The van der Waals surface area contributed by atoms with Crippen molar-refractivity contribution in [1.29, 1.82) is 0 Å². The molecule has 0 saturated heterocycles. The Morgan fingerprint density at radius 3 is 2.50 bits per heavy atom. The van der Waals surface area contributed by atoms with Gasteiger partial charge in [-0.3, -0.25) is 0 Å². The lowest BCUT2D eigenvalue weighted by Gasteiger charge is -2.09. The van der Waals surface area contributed by atoms with E-state index in [1.807, 2.05) is 24.3 Å². The summed E-state index contributed by atoms with van der Waals surface area (Å²) >= 11 is 3.31. The van der Waals surface area contributed by atoms with E-state index in [1.165, 1.54) is 7.11 Å². The van der Waals surface area contributed by atoms with Gasteiger partial charge in [0.15, 0.2) is 6.10 Å². The van der Waals surface area contributed by atoms with Crippen LogP contribution in [0.25, 0.3) is 0 Å². The SMILES string of the molecule is CO[C@H](Cc1ccc(Br)cc1)C(=O)O. The Morgan fingerprint density at radius 2 is 2.07 bits per heavy atom. The molecule has 0 fully saturated rings. The van der Waals surface area contributed by atoms with Crippen LogP contribution in [0.4, 0.5) is 0 Å². The number of methoxy groups -OCH3 is 1. The topological polar surface area (TPSA) is 46.5 Å². The predicted octanol–water partition coefficient (Wildman–Crippen LogP) is 2.09. The van der Waals surface area contributed by atoms with Crippen molar-refractivity contribution in [2.45, 2.75) is 12.5 Å². The maximum absolute atomic E-state index is 10.7. The highest BCUT2D eigenvalue weighted by molar-refractivity contribution is 9.10. The summed E-state index contributed by atoms with van der Waals surface area (Å²) < 4.78 is 5.81. The summed E-state index contributed by atoms with van der Waals surface area (Å²) in [5.41, 5.74) is 0.947. The summed E-state index contributed by atoms with van der Waals surface area (Å²) in [6.45, 7) is 0. The average Bonchev–Trinajstić information content (AvgIpc) is 2.16. The lowest BCUT2D eigenvalue weighted by Crippen LogP contribution is -2.24. The summed E-state index contributed by atoms with van der Waals surface area (Å²) in [6.07, 6.45) is -0.379. The van der Waals surface area contributed by atoms with Crippen LogP contribution in [0.3, 0.4) is 0 Å². The molecule has 0 bridgehead atoms. The second-order valence-corrected chi connectivity index (χ2v) is 3.81. The van der Waals surface area contributed by atoms with E-state index in [4.69, 9.17) is 9.84 Å². The number of carboxylic acid groups (broad SMARTS) is 1. The second kappa shape index (κ2) is 5.12. The molecule has 0 unspecified atom stereocenters. The second-order valence-electron chi connectivity index (χ2n) is 2.89. The molecular weight excluding hydrogens is 248 g/mol. The van der Waals surface area contributed by atoms with E-state index in [1.54, 1.807) is 0 Å². The largest absolute Gasteiger partial charge is 0.479 e. The molecule has 4 heteroatoms. The van der Waals surface area contributed by atoms with Crippen LogP contribution in [-0.2, 0) is 16.0 Å². The lowest BCUT2D eigenvalue weighted by molar-refractivity contribution is -0.148. The Hall–Kier alpha value is -0.870. The number of halogens is 1. The average molecular weight is 259 g/mol. The van der Waals surface area contributed by atoms with Gasteiger partial charge in [-0.2, -0.15) is 0 Å². The van der Waals surface area contributed by atoms with Gasteiger partial charge in [-0.05, 0) is 17.7 Å². The molecule has 0 spiro atoms. The van der Waals surface area contributed by atoms with E-state index in [0.717, 1.165) is 10.0 Å². The summed E-state index contributed by atoms with van der Waals surface area (Å²) in [6, 6.07) is 7.51. The Labute approximate surface area is 90.8 Å². The lowest BCUT2D eigenvalue weighted by atomic mass is 10.1. The first-order valence-electron chi connectivity index (χ1n) is 4.13. The van der Waals surface area contributed by atoms with Gasteiger partial charge in [-0.15, -0.1) is 0 Å². The first-order chi connectivity index (χ1) is 6.63. The van der Waals surface area contributed by atoms with Crippen molar-refractivity contribution >= 4 is 21.9 Å². The monoisotopic (exact) mass is 258 g/mol. The van der Waals surface area contributed by atoms with Gasteiger partial charge in [0.05, 0.1) is 0 Å². The maximum Gasteiger partial charge on any atom is 0.333 e. The van der Waals surface area contributed by atoms with E-state index in [0.29, 0.717) is 6.42 Å². The van der Waals surface area contributed by atoms with Gasteiger partial charge >= 0.3 is 5.97 Å². The highest BCUT2D eigenvalue weighted by Gasteiger charge is 2.16. The zero-order chi connectivity index (χ0) is 10.6. The van der Waals surface area contributed by atoms with E-state index < -0.39 is 12.1 Å². The van der Waals surface area contributed by atoms with Crippen molar-refractivity contribution in [3.63, 3.8) is 0 Å². The Bertz CT molecular complexity index is 308. The molecule has 1 aromatic carbocycles. The first-order valence-corrected chi connectivity index (χ1v) is 4.93. The van der Waals surface area contributed by atoms with Crippen molar-refractivity contribution in [2.24, 2.45) is 0 Å². The number of ether oxygens (including phenoxy) is 1. The fraction of sp³-hybridized carbons (Fsp3) is 0.300. The number of aliphatic carboxylic acids is 1. The van der Waals surface area contributed by atoms with E-state index in [-0.39, 0.29) is 0 Å². The zero-order valence-electron chi connectivity index (χ0n) is 7.74. The van der Waals surface area contributed by atoms with Crippen molar-refractivity contribution in [1.82, 2.24) is 0 Å². The smallest absolute Gasteiger partial charge is 0.333 e. The molecule has 1 aromatic rings. The summed E-state index contributed by atoms with van der Waals surface area (Å²) in [5, 5.41) is 8.75. The Kier molecular flexibility index (Phi) is 4.10. The molecule has 0 amide bonds. The standard InChI is InChI=1S/C10H11BrO3/c1-14-9(10(12)13)6-7-2-4-8(11)5-3-7/h2-5,9H,6H2,1H3,(H,12,13)/t9-/m1/s1. The minimum absolute atomic E-state index is 0.388. The van der Waals surface area contributed by atoms with Gasteiger partial charge in [-0.25, -0.2) is 4.79 Å². The van der Waals surface area contributed by atoms with Gasteiger partial charge in [0.2, 0.25) is 0 Å². The number of carbonyl (C=O) groups is 1.